The Morgan fingerprint density at radius 2 is 1.93 bits per heavy atom. The Hall–Kier alpha value is -2.74. The summed E-state index contributed by atoms with van der Waals surface area (Å²) < 4.78 is 25.3. The molecular weight excluding hydrogens is 395 g/mol. The summed E-state index contributed by atoms with van der Waals surface area (Å²) >= 11 is 1.37. The van der Waals surface area contributed by atoms with Crippen LogP contribution in [0.25, 0.3) is 0 Å². The van der Waals surface area contributed by atoms with E-state index in [0.717, 1.165) is 0 Å². The van der Waals surface area contributed by atoms with Gasteiger partial charge in [-0.25, -0.2) is 4.39 Å². The highest BCUT2D eigenvalue weighted by Gasteiger charge is 2.33. The molecule has 0 saturated carbocycles. The van der Waals surface area contributed by atoms with Gasteiger partial charge in [0.05, 0.1) is 11.8 Å². The van der Waals surface area contributed by atoms with Crippen LogP contribution in [0.4, 0.5) is 4.39 Å². The van der Waals surface area contributed by atoms with Crippen molar-refractivity contribution < 1.29 is 23.5 Å². The van der Waals surface area contributed by atoms with Gasteiger partial charge in [-0.3, -0.25) is 9.59 Å². The number of thioether (sulfide) groups is 1. The third-order valence-electron chi connectivity index (χ3n) is 4.82. The molecule has 2 N–H and O–H groups in total. The predicted molar refractivity (Wildman–Crippen MR) is 108 cm³/mol. The molecule has 4 rings (SSSR count). The summed E-state index contributed by atoms with van der Waals surface area (Å²) in [6.07, 6.45) is -0.000859. The van der Waals surface area contributed by atoms with Crippen molar-refractivity contribution in [2.24, 2.45) is 0 Å². The molecule has 1 fully saturated rings. The summed E-state index contributed by atoms with van der Waals surface area (Å²) in [6.45, 7) is 0.622. The average Bonchev–Trinajstić information content (AvgIpc) is 2.74. The van der Waals surface area contributed by atoms with Crippen LogP contribution in [0.15, 0.2) is 48.5 Å². The fourth-order valence-electron chi connectivity index (χ4n) is 3.25. The van der Waals surface area contributed by atoms with Crippen LogP contribution in [0.3, 0.4) is 0 Å². The van der Waals surface area contributed by atoms with E-state index < -0.39 is 11.3 Å². The zero-order valence-electron chi connectivity index (χ0n) is 15.6. The lowest BCUT2D eigenvalue weighted by Crippen LogP contribution is -2.55. The van der Waals surface area contributed by atoms with Gasteiger partial charge in [-0.2, -0.15) is 0 Å². The molecule has 0 radical (unpaired) electrons. The molecular formula is C21H21FN2O4S. The molecule has 2 heterocycles. The second-order valence-electron chi connectivity index (χ2n) is 6.92. The molecule has 2 aromatic rings. The smallest absolute Gasteiger partial charge is 0.243 e. The lowest BCUT2D eigenvalue weighted by atomic mass is 10.1. The van der Waals surface area contributed by atoms with Gasteiger partial charge in [-0.1, -0.05) is 30.3 Å². The number of halogens is 1. The number of hydrogen-bond donors (Lipinski definition) is 2. The van der Waals surface area contributed by atoms with Gasteiger partial charge in [0.25, 0.3) is 0 Å². The largest absolute Gasteiger partial charge is 0.486 e. The van der Waals surface area contributed by atoms with Gasteiger partial charge in [0.15, 0.2) is 11.5 Å². The molecule has 0 spiro atoms. The third kappa shape index (κ3) is 4.64. The van der Waals surface area contributed by atoms with E-state index in [1.54, 1.807) is 18.2 Å². The SMILES string of the molecule is O=C(NC[C@@H]1COc2ccccc2O1)[C@@H]1CS[C@@H](Cc2ccccc2F)C(=O)N1. The maximum atomic E-state index is 13.8. The first-order valence-corrected chi connectivity index (χ1v) is 10.5. The van der Waals surface area contributed by atoms with E-state index in [4.69, 9.17) is 9.47 Å². The predicted octanol–water partition coefficient (Wildman–Crippen LogP) is 1.92. The van der Waals surface area contributed by atoms with Gasteiger partial charge < -0.3 is 20.1 Å². The number of benzene rings is 2. The summed E-state index contributed by atoms with van der Waals surface area (Å²) in [5, 5.41) is 5.14. The highest BCUT2D eigenvalue weighted by Crippen LogP contribution is 2.30. The van der Waals surface area contributed by atoms with E-state index in [0.29, 0.717) is 35.8 Å². The van der Waals surface area contributed by atoms with Crippen LogP contribution in [0.1, 0.15) is 5.56 Å². The van der Waals surface area contributed by atoms with E-state index in [1.165, 1.54) is 17.8 Å². The molecule has 8 heteroatoms. The number of nitrogens with one attached hydrogen (secondary N) is 2. The van der Waals surface area contributed by atoms with Gasteiger partial charge in [0.1, 0.15) is 24.6 Å². The number of carbonyl (C=O) groups is 2. The first-order chi connectivity index (χ1) is 14.1. The van der Waals surface area contributed by atoms with Crippen LogP contribution in [0, 0.1) is 5.82 Å². The van der Waals surface area contributed by atoms with Gasteiger partial charge in [0.2, 0.25) is 11.8 Å². The van der Waals surface area contributed by atoms with Crippen LogP contribution in [0.5, 0.6) is 11.5 Å². The van der Waals surface area contributed by atoms with Crippen molar-refractivity contribution in [1.29, 1.82) is 0 Å². The first-order valence-electron chi connectivity index (χ1n) is 9.42. The molecule has 3 atom stereocenters. The lowest BCUT2D eigenvalue weighted by Gasteiger charge is -2.30. The van der Waals surface area contributed by atoms with Crippen LogP contribution < -0.4 is 20.1 Å². The van der Waals surface area contributed by atoms with E-state index >= 15 is 0 Å². The third-order valence-corrected chi connectivity index (χ3v) is 6.13. The minimum absolute atomic E-state index is 0.254. The number of amides is 2. The molecule has 0 aromatic heterocycles. The number of carbonyl (C=O) groups excluding carboxylic acids is 2. The maximum absolute atomic E-state index is 13.8. The Morgan fingerprint density at radius 1 is 1.17 bits per heavy atom. The van der Waals surface area contributed by atoms with Crippen LogP contribution >= 0.6 is 11.8 Å². The van der Waals surface area contributed by atoms with Gasteiger partial charge in [-0.15, -0.1) is 11.8 Å². The molecule has 6 nitrogen and oxygen atoms in total. The van der Waals surface area contributed by atoms with Gasteiger partial charge in [0, 0.05) is 5.75 Å². The molecule has 152 valence electrons. The normalized spacial score (nSPS) is 23.2. The van der Waals surface area contributed by atoms with Crippen molar-refractivity contribution in [2.75, 3.05) is 18.9 Å². The number of fused-ring (bicyclic) bond motifs is 1. The lowest BCUT2D eigenvalue weighted by molar-refractivity contribution is -0.128. The van der Waals surface area contributed by atoms with E-state index in [2.05, 4.69) is 10.6 Å². The van der Waals surface area contributed by atoms with Crippen molar-refractivity contribution in [2.45, 2.75) is 23.8 Å². The fraction of sp³-hybridized carbons (Fsp3) is 0.333. The topological polar surface area (TPSA) is 76.7 Å². The van der Waals surface area contributed by atoms with Crippen molar-refractivity contribution in [3.8, 4) is 11.5 Å². The highest BCUT2D eigenvalue weighted by molar-refractivity contribution is 8.00. The standard InChI is InChI=1S/C21H21FN2O4S/c22-15-6-2-1-5-13(15)9-19-21(26)24-16(12-29-19)20(25)23-10-14-11-27-17-7-3-4-8-18(17)28-14/h1-8,14,16,19H,9-12H2,(H,23,25)(H,24,26)/t14-,16+,19+/m1/s1. The Kier molecular flexibility index (Phi) is 5.89. The average molecular weight is 416 g/mol. The Balaban J connectivity index is 1.26. The Bertz CT molecular complexity index is 910. The second kappa shape index (κ2) is 8.73. The molecule has 1 saturated heterocycles. The highest BCUT2D eigenvalue weighted by atomic mass is 32.2. The second-order valence-corrected chi connectivity index (χ2v) is 8.16. The number of para-hydroxylation sites is 2. The molecule has 2 aliphatic heterocycles. The zero-order chi connectivity index (χ0) is 20.2. The van der Waals surface area contributed by atoms with Crippen molar-refractivity contribution in [3.63, 3.8) is 0 Å². The molecule has 2 aliphatic rings. The molecule has 0 bridgehead atoms. The summed E-state index contributed by atoms with van der Waals surface area (Å²) in [4.78, 5) is 24.8. The Morgan fingerprint density at radius 3 is 2.72 bits per heavy atom. The van der Waals surface area contributed by atoms with E-state index in [-0.39, 0.29) is 30.3 Å². The molecule has 2 amide bonds. The number of rotatable bonds is 5. The quantitative estimate of drug-likeness (QED) is 0.779. The molecule has 2 aromatic carbocycles. The summed E-state index contributed by atoms with van der Waals surface area (Å²) in [7, 11) is 0. The van der Waals surface area contributed by atoms with E-state index in [1.807, 2.05) is 24.3 Å². The summed E-state index contributed by atoms with van der Waals surface area (Å²) in [5.74, 6) is 0.926. The summed E-state index contributed by atoms with van der Waals surface area (Å²) in [6, 6.07) is 13.2. The zero-order valence-corrected chi connectivity index (χ0v) is 16.4. The Labute approximate surface area is 172 Å². The van der Waals surface area contributed by atoms with Crippen molar-refractivity contribution >= 4 is 23.6 Å². The number of ether oxygens (including phenoxy) is 2. The molecule has 0 aliphatic carbocycles. The monoisotopic (exact) mass is 416 g/mol. The van der Waals surface area contributed by atoms with Gasteiger partial charge in [-0.05, 0) is 30.2 Å². The van der Waals surface area contributed by atoms with E-state index in [9.17, 15) is 14.0 Å². The first kappa shape index (κ1) is 19.6. The summed E-state index contributed by atoms with van der Waals surface area (Å²) in [5.41, 5.74) is 0.498. The maximum Gasteiger partial charge on any atom is 0.243 e. The number of hydrogen-bond acceptors (Lipinski definition) is 5. The van der Waals surface area contributed by atoms with Crippen molar-refractivity contribution in [3.05, 3.63) is 59.9 Å². The van der Waals surface area contributed by atoms with Gasteiger partial charge >= 0.3 is 0 Å². The van der Waals surface area contributed by atoms with Crippen LogP contribution in [0.2, 0.25) is 0 Å². The van der Waals surface area contributed by atoms with Crippen LogP contribution in [-0.2, 0) is 16.0 Å². The molecule has 0 unspecified atom stereocenters. The fourth-order valence-corrected chi connectivity index (χ4v) is 4.43. The van der Waals surface area contributed by atoms with Crippen LogP contribution in [-0.4, -0.2) is 48.1 Å². The molecule has 29 heavy (non-hydrogen) atoms. The minimum Gasteiger partial charge on any atom is -0.486 e. The minimum atomic E-state index is -0.624. The van der Waals surface area contributed by atoms with Crippen molar-refractivity contribution in [1.82, 2.24) is 10.6 Å².